The molecule has 5 nitrogen and oxygen atoms in total. The number of hydrogen-bond acceptors (Lipinski definition) is 4. The molecule has 0 unspecified atom stereocenters. The summed E-state index contributed by atoms with van der Waals surface area (Å²) in [5, 5.41) is 2.69. The Labute approximate surface area is 224 Å². The molecule has 0 radical (unpaired) electrons. The summed E-state index contributed by atoms with van der Waals surface area (Å²) in [7, 11) is 0. The molecule has 166 valence electrons. The number of nitrogens with zero attached hydrogens (tertiary/aromatic N) is 1. The van der Waals surface area contributed by atoms with Crippen molar-refractivity contribution in [3.63, 3.8) is 0 Å². The monoisotopic (exact) mass is 680 g/mol. The van der Waals surface area contributed by atoms with E-state index in [0.717, 1.165) is 29.6 Å². The van der Waals surface area contributed by atoms with Gasteiger partial charge in [0.1, 0.15) is 17.9 Å². The predicted octanol–water partition coefficient (Wildman–Crippen LogP) is 5.61. The van der Waals surface area contributed by atoms with Gasteiger partial charge in [0, 0.05) is 0 Å². The molecule has 33 heavy (non-hydrogen) atoms. The van der Waals surface area contributed by atoms with Gasteiger partial charge < -0.3 is 4.74 Å². The van der Waals surface area contributed by atoms with Crippen LogP contribution in [0, 0.1) is 14.1 Å². The number of halogens is 2. The van der Waals surface area contributed by atoms with Crippen molar-refractivity contribution in [3.05, 3.63) is 96.1 Å². The van der Waals surface area contributed by atoms with Crippen molar-refractivity contribution in [1.82, 2.24) is 5.32 Å². The molecule has 0 saturated carbocycles. The van der Waals surface area contributed by atoms with Crippen molar-refractivity contribution in [1.29, 1.82) is 0 Å². The second-order valence-corrected chi connectivity index (χ2v) is 10.1. The number of nitrogens with one attached hydrogen (secondary N) is 1. The van der Waals surface area contributed by atoms with Crippen molar-refractivity contribution in [2.45, 2.75) is 13.5 Å². The third kappa shape index (κ3) is 5.44. The molecule has 0 aromatic heterocycles. The van der Waals surface area contributed by atoms with Crippen molar-refractivity contribution in [2.24, 2.45) is 0 Å². The van der Waals surface area contributed by atoms with Gasteiger partial charge in [-0.2, -0.15) is 0 Å². The molecular weight excluding hydrogens is 662 g/mol. The van der Waals surface area contributed by atoms with Crippen LogP contribution >= 0.6 is 57.4 Å². The minimum atomic E-state index is -0.511. The zero-order valence-corrected chi connectivity index (χ0v) is 22.6. The largest absolute Gasteiger partial charge is 0.487 e. The molecule has 4 rings (SSSR count). The van der Waals surface area contributed by atoms with Crippen molar-refractivity contribution < 1.29 is 14.3 Å². The van der Waals surface area contributed by atoms with E-state index in [1.54, 1.807) is 18.2 Å². The molecule has 0 atom stereocenters. The maximum atomic E-state index is 13.2. The van der Waals surface area contributed by atoms with Crippen molar-refractivity contribution >= 4 is 86.1 Å². The van der Waals surface area contributed by atoms with E-state index in [0.29, 0.717) is 12.3 Å². The molecule has 8 heteroatoms. The van der Waals surface area contributed by atoms with Gasteiger partial charge >= 0.3 is 0 Å². The molecule has 0 spiro atoms. The molecule has 0 aliphatic carbocycles. The van der Waals surface area contributed by atoms with Crippen LogP contribution in [0.15, 0.2) is 72.3 Å². The zero-order chi connectivity index (χ0) is 23.5. The summed E-state index contributed by atoms with van der Waals surface area (Å²) >= 11 is 9.67. The molecular formula is C25H18I2N2O3S. The first-order valence-corrected chi connectivity index (χ1v) is 12.5. The van der Waals surface area contributed by atoms with Crippen LogP contribution in [-0.2, 0) is 16.2 Å². The van der Waals surface area contributed by atoms with Crippen LogP contribution in [0.25, 0.3) is 6.08 Å². The summed E-state index contributed by atoms with van der Waals surface area (Å²) in [6.07, 6.45) is 1.59. The molecule has 1 heterocycles. The van der Waals surface area contributed by atoms with E-state index in [-0.39, 0.29) is 10.7 Å². The van der Waals surface area contributed by atoms with Gasteiger partial charge in [0.05, 0.1) is 12.8 Å². The van der Waals surface area contributed by atoms with Crippen LogP contribution in [0.1, 0.15) is 16.7 Å². The summed E-state index contributed by atoms with van der Waals surface area (Å²) < 4.78 is 7.80. The van der Waals surface area contributed by atoms with Crippen LogP contribution in [0.4, 0.5) is 5.69 Å². The minimum absolute atomic E-state index is 0.0220. The van der Waals surface area contributed by atoms with Crippen LogP contribution in [0.5, 0.6) is 5.75 Å². The molecule has 2 amide bonds. The first-order valence-electron chi connectivity index (χ1n) is 9.97. The fourth-order valence-corrected chi connectivity index (χ4v) is 5.69. The van der Waals surface area contributed by atoms with E-state index >= 15 is 0 Å². The lowest BCUT2D eigenvalue weighted by Gasteiger charge is -2.29. The molecule has 1 aliphatic rings. The lowest BCUT2D eigenvalue weighted by molar-refractivity contribution is -0.122. The Balaban J connectivity index is 1.61. The van der Waals surface area contributed by atoms with Gasteiger partial charge in [-0.05, 0) is 106 Å². The third-order valence-corrected chi connectivity index (χ3v) is 6.84. The molecule has 1 aliphatic heterocycles. The van der Waals surface area contributed by atoms with Crippen molar-refractivity contribution in [3.8, 4) is 5.75 Å². The van der Waals surface area contributed by atoms with Crippen LogP contribution < -0.4 is 15.0 Å². The summed E-state index contributed by atoms with van der Waals surface area (Å²) in [5.74, 6) is -0.200. The highest BCUT2D eigenvalue weighted by Crippen LogP contribution is 2.31. The van der Waals surface area contributed by atoms with E-state index in [4.69, 9.17) is 17.0 Å². The Kier molecular flexibility index (Phi) is 7.45. The zero-order valence-electron chi connectivity index (χ0n) is 17.5. The molecule has 1 saturated heterocycles. The molecule has 3 aromatic rings. The molecule has 1 fully saturated rings. The second kappa shape index (κ2) is 10.3. The number of amides is 2. The van der Waals surface area contributed by atoms with Gasteiger partial charge in [0.25, 0.3) is 11.8 Å². The number of rotatable bonds is 5. The van der Waals surface area contributed by atoms with Gasteiger partial charge in [-0.3, -0.25) is 19.8 Å². The summed E-state index contributed by atoms with van der Waals surface area (Å²) in [6.45, 7) is 2.42. The average Bonchev–Trinajstić information content (AvgIpc) is 2.78. The fourth-order valence-electron chi connectivity index (χ4n) is 3.28. The number of aryl methyl sites for hydroxylation is 1. The van der Waals surface area contributed by atoms with E-state index in [1.165, 1.54) is 4.90 Å². The quantitative estimate of drug-likeness (QED) is 0.165. The average molecular weight is 680 g/mol. The maximum Gasteiger partial charge on any atom is 0.270 e. The van der Waals surface area contributed by atoms with Crippen LogP contribution in [0.2, 0.25) is 0 Å². The SMILES string of the molecule is Cc1ccc(N2C(=O)/C(=C/c3cc(I)c(OCc4ccccc4)c(I)c3)C(=O)NC2=S)cc1. The lowest BCUT2D eigenvalue weighted by Crippen LogP contribution is -2.54. The topological polar surface area (TPSA) is 58.6 Å². The number of ether oxygens (including phenoxy) is 1. The number of anilines is 1. The van der Waals surface area contributed by atoms with E-state index in [2.05, 4.69) is 50.5 Å². The van der Waals surface area contributed by atoms with Gasteiger partial charge in [0.15, 0.2) is 5.11 Å². The third-order valence-electron chi connectivity index (χ3n) is 4.95. The summed E-state index contributed by atoms with van der Waals surface area (Å²) in [6, 6.07) is 21.1. The minimum Gasteiger partial charge on any atom is -0.487 e. The number of carbonyl (C=O) groups excluding carboxylic acids is 2. The summed E-state index contributed by atoms with van der Waals surface area (Å²) in [4.78, 5) is 27.2. The first-order chi connectivity index (χ1) is 15.8. The predicted molar refractivity (Wildman–Crippen MR) is 150 cm³/mol. The van der Waals surface area contributed by atoms with Crippen molar-refractivity contribution in [2.75, 3.05) is 4.90 Å². The Hall–Kier alpha value is -2.31. The highest BCUT2D eigenvalue weighted by molar-refractivity contribution is 14.1. The van der Waals surface area contributed by atoms with Gasteiger partial charge in [-0.1, -0.05) is 48.0 Å². The number of benzene rings is 3. The smallest absolute Gasteiger partial charge is 0.270 e. The van der Waals surface area contributed by atoms with Gasteiger partial charge in [-0.25, -0.2) is 0 Å². The Morgan fingerprint density at radius 3 is 2.27 bits per heavy atom. The van der Waals surface area contributed by atoms with Crippen LogP contribution in [-0.4, -0.2) is 16.9 Å². The maximum absolute atomic E-state index is 13.2. The van der Waals surface area contributed by atoms with Crippen LogP contribution in [0.3, 0.4) is 0 Å². The first kappa shape index (κ1) is 23.8. The fraction of sp³-hybridized carbons (Fsp3) is 0.0800. The molecule has 1 N–H and O–H groups in total. The molecule has 0 bridgehead atoms. The van der Waals surface area contributed by atoms with Gasteiger partial charge in [-0.15, -0.1) is 0 Å². The van der Waals surface area contributed by atoms with Gasteiger partial charge in [0.2, 0.25) is 0 Å². The Morgan fingerprint density at radius 1 is 1.00 bits per heavy atom. The number of hydrogen-bond donors (Lipinski definition) is 1. The Morgan fingerprint density at radius 2 is 1.64 bits per heavy atom. The number of carbonyl (C=O) groups is 2. The Bertz CT molecular complexity index is 1250. The molecule has 3 aromatic carbocycles. The highest BCUT2D eigenvalue weighted by Gasteiger charge is 2.34. The summed E-state index contributed by atoms with van der Waals surface area (Å²) in [5.41, 5.74) is 3.50. The normalized spacial score (nSPS) is 15.1. The number of thiocarbonyl (C=S) groups is 1. The van der Waals surface area contributed by atoms with E-state index in [1.807, 2.05) is 61.5 Å². The standard InChI is InChI=1S/C25H18I2N2O3S/c1-15-7-9-18(10-8-15)29-24(31)19(23(30)28-25(29)33)11-17-12-20(26)22(21(27)13-17)32-14-16-5-3-2-4-6-16/h2-13H,14H2,1H3,(H,28,30,33)/b19-11+. The highest BCUT2D eigenvalue weighted by atomic mass is 127. The lowest BCUT2D eigenvalue weighted by atomic mass is 10.1. The van der Waals surface area contributed by atoms with E-state index in [9.17, 15) is 9.59 Å². The second-order valence-electron chi connectivity index (χ2n) is 7.38. The van der Waals surface area contributed by atoms with E-state index < -0.39 is 11.8 Å².